The summed E-state index contributed by atoms with van der Waals surface area (Å²) in [5, 5.41) is 11.9. The van der Waals surface area contributed by atoms with Gasteiger partial charge in [0.2, 0.25) is 0 Å². The van der Waals surface area contributed by atoms with Crippen molar-refractivity contribution in [3.8, 4) is 33.8 Å². The fourth-order valence-electron chi connectivity index (χ4n) is 4.74. The third-order valence-corrected chi connectivity index (χ3v) is 6.83. The van der Waals surface area contributed by atoms with E-state index >= 15 is 0 Å². The number of pyridine rings is 3. The molecule has 5 heterocycles. The number of anilines is 2. The zero-order valence-electron chi connectivity index (χ0n) is 22.8. The van der Waals surface area contributed by atoms with Crippen LogP contribution >= 0.6 is 0 Å². The third kappa shape index (κ3) is 4.96. The number of hydrogen-bond acceptors (Lipinski definition) is 7. The molecule has 1 aromatic carbocycles. The monoisotopic (exact) mass is 535 g/mol. The number of hydrogen-bond donors (Lipinski definition) is 3. The Morgan fingerprint density at radius 1 is 0.950 bits per heavy atom. The second-order valence-corrected chi connectivity index (χ2v) is 10.3. The summed E-state index contributed by atoms with van der Waals surface area (Å²) in [7, 11) is 7.98. The van der Waals surface area contributed by atoms with Gasteiger partial charge in [-0.1, -0.05) is 0 Å². The number of benzene rings is 1. The quantitative estimate of drug-likeness (QED) is 0.240. The first-order valence-electron chi connectivity index (χ1n) is 13.0. The van der Waals surface area contributed by atoms with Gasteiger partial charge in [0.05, 0.1) is 28.8 Å². The minimum absolute atomic E-state index is 0.298. The van der Waals surface area contributed by atoms with Crippen molar-refractivity contribution in [2.75, 3.05) is 51.5 Å². The Kier molecular flexibility index (Phi) is 6.61. The molecule has 0 radical (unpaired) electrons. The minimum Gasteiger partial charge on any atom is -0.384 e. The van der Waals surface area contributed by atoms with Gasteiger partial charge < -0.3 is 20.1 Å². The molecule has 0 fully saturated rings. The van der Waals surface area contributed by atoms with Gasteiger partial charge in [0, 0.05) is 56.2 Å². The van der Waals surface area contributed by atoms with Gasteiger partial charge in [0.15, 0.2) is 0 Å². The van der Waals surface area contributed by atoms with Crippen LogP contribution in [0.1, 0.15) is 0 Å². The Hall–Kier alpha value is -4.83. The molecule has 202 valence electrons. The molecule has 0 aliphatic heterocycles. The highest BCUT2D eigenvalue weighted by atomic mass is 19.1. The van der Waals surface area contributed by atoms with Gasteiger partial charge in [-0.3, -0.25) is 10.1 Å². The lowest BCUT2D eigenvalue weighted by Crippen LogP contribution is -2.20. The molecular formula is C30H30FN9. The smallest absolute Gasteiger partial charge is 0.138 e. The van der Waals surface area contributed by atoms with Crippen molar-refractivity contribution >= 4 is 33.4 Å². The molecule has 0 bridgehead atoms. The maximum Gasteiger partial charge on any atom is 0.138 e. The first kappa shape index (κ1) is 25.4. The molecule has 3 N–H and O–H groups in total. The number of fused-ring (bicyclic) bond motifs is 2. The Morgan fingerprint density at radius 3 is 2.65 bits per heavy atom. The van der Waals surface area contributed by atoms with Crippen molar-refractivity contribution < 1.29 is 4.39 Å². The Balaban J connectivity index is 1.39. The van der Waals surface area contributed by atoms with E-state index in [1.807, 2.05) is 75.8 Å². The average Bonchev–Trinajstić information content (AvgIpc) is 3.56. The van der Waals surface area contributed by atoms with Crippen LogP contribution in [0.4, 0.5) is 15.8 Å². The molecule has 5 aromatic heterocycles. The fraction of sp³-hybridized carbons (Fsp3) is 0.200. The van der Waals surface area contributed by atoms with Crippen molar-refractivity contribution in [1.82, 2.24) is 35.0 Å². The molecule has 0 aliphatic rings. The number of nitrogens with zero attached hydrogens (tertiary/aromatic N) is 6. The molecule has 9 nitrogen and oxygen atoms in total. The van der Waals surface area contributed by atoms with Crippen molar-refractivity contribution in [3.05, 3.63) is 72.9 Å². The molecule has 0 spiro atoms. The molecule has 6 rings (SSSR count). The molecule has 0 atom stereocenters. The maximum absolute atomic E-state index is 14.6. The molecule has 40 heavy (non-hydrogen) atoms. The summed E-state index contributed by atoms with van der Waals surface area (Å²) >= 11 is 0. The first-order valence-corrected chi connectivity index (χ1v) is 13.0. The molecular weight excluding hydrogens is 505 g/mol. The van der Waals surface area contributed by atoms with Crippen molar-refractivity contribution in [3.63, 3.8) is 0 Å². The second kappa shape index (κ2) is 10.4. The van der Waals surface area contributed by atoms with E-state index in [0.29, 0.717) is 17.9 Å². The van der Waals surface area contributed by atoms with Gasteiger partial charge in [0.25, 0.3) is 0 Å². The van der Waals surface area contributed by atoms with Crippen LogP contribution in [0.2, 0.25) is 0 Å². The van der Waals surface area contributed by atoms with Gasteiger partial charge in [-0.05, 0) is 73.8 Å². The fourth-order valence-corrected chi connectivity index (χ4v) is 4.74. The first-order chi connectivity index (χ1) is 19.4. The van der Waals surface area contributed by atoms with Crippen LogP contribution < -0.4 is 10.2 Å². The zero-order valence-corrected chi connectivity index (χ0v) is 22.8. The summed E-state index contributed by atoms with van der Waals surface area (Å²) in [6, 6.07) is 14.9. The molecule has 0 saturated carbocycles. The highest BCUT2D eigenvalue weighted by Crippen LogP contribution is 2.34. The van der Waals surface area contributed by atoms with E-state index < -0.39 is 0 Å². The summed E-state index contributed by atoms with van der Waals surface area (Å²) in [5.74, 6) is -0.298. The number of likely N-dealkylation sites (N-methyl/N-ethyl adjacent to an activating group) is 1. The van der Waals surface area contributed by atoms with Crippen LogP contribution in [0.5, 0.6) is 0 Å². The molecule has 0 saturated heterocycles. The van der Waals surface area contributed by atoms with E-state index in [2.05, 4.69) is 41.4 Å². The van der Waals surface area contributed by atoms with E-state index in [1.165, 1.54) is 6.07 Å². The minimum atomic E-state index is -0.298. The summed E-state index contributed by atoms with van der Waals surface area (Å²) in [5.41, 5.74) is 8.80. The number of halogens is 1. The number of nitrogens with one attached hydrogen (secondary N) is 3. The molecule has 10 heteroatoms. The van der Waals surface area contributed by atoms with Crippen molar-refractivity contribution in [2.45, 2.75) is 0 Å². The Bertz CT molecular complexity index is 1820. The summed E-state index contributed by atoms with van der Waals surface area (Å²) in [6.45, 7) is 1.56. The lowest BCUT2D eigenvalue weighted by molar-refractivity contribution is 0.425. The highest BCUT2D eigenvalue weighted by molar-refractivity contribution is 5.99. The van der Waals surface area contributed by atoms with Gasteiger partial charge >= 0.3 is 0 Å². The average molecular weight is 536 g/mol. The highest BCUT2D eigenvalue weighted by Gasteiger charge is 2.17. The van der Waals surface area contributed by atoms with Gasteiger partial charge in [-0.25, -0.2) is 14.4 Å². The lowest BCUT2D eigenvalue weighted by Gasteiger charge is -2.13. The molecule has 6 aromatic rings. The summed E-state index contributed by atoms with van der Waals surface area (Å²) in [6.07, 6.45) is 5.36. The normalized spacial score (nSPS) is 11.6. The predicted octanol–water partition coefficient (Wildman–Crippen LogP) is 5.41. The Morgan fingerprint density at radius 2 is 1.82 bits per heavy atom. The van der Waals surface area contributed by atoms with Gasteiger partial charge in [-0.15, -0.1) is 0 Å². The molecule has 0 unspecified atom stereocenters. The molecule has 0 aliphatic carbocycles. The number of aromatic nitrogens is 6. The lowest BCUT2D eigenvalue weighted by atomic mass is 10.0. The number of H-pyrrole nitrogens is 2. The van der Waals surface area contributed by atoms with E-state index in [1.54, 1.807) is 12.3 Å². The van der Waals surface area contributed by atoms with Gasteiger partial charge in [-0.2, -0.15) is 5.10 Å². The van der Waals surface area contributed by atoms with E-state index in [0.717, 1.165) is 62.4 Å². The predicted molar refractivity (Wildman–Crippen MR) is 159 cm³/mol. The topological polar surface area (TPSA) is 102 Å². The summed E-state index contributed by atoms with van der Waals surface area (Å²) < 4.78 is 14.6. The van der Waals surface area contributed by atoms with Crippen LogP contribution in [-0.2, 0) is 0 Å². The standard InChI is InChI=1S/C30H30FN9/c1-39(2)10-9-33-21-12-18(11-20(31)14-21)23-7-8-34-30-24(23)15-27(36-30)29-28-26(37-38-29)6-5-25(35-28)19-13-22(40(3)4)17-32-16-19/h5-8,11-17,33H,9-10H2,1-4H3,(H,34,36)(H,37,38). The maximum atomic E-state index is 14.6. The zero-order chi connectivity index (χ0) is 27.8. The van der Waals surface area contributed by atoms with Crippen LogP contribution in [0.25, 0.3) is 55.8 Å². The van der Waals surface area contributed by atoms with Crippen LogP contribution in [0, 0.1) is 5.82 Å². The number of rotatable bonds is 8. The van der Waals surface area contributed by atoms with Crippen molar-refractivity contribution in [2.24, 2.45) is 0 Å². The van der Waals surface area contributed by atoms with Crippen LogP contribution in [0.15, 0.2) is 67.1 Å². The largest absolute Gasteiger partial charge is 0.384 e. The van der Waals surface area contributed by atoms with Gasteiger partial charge in [0.1, 0.15) is 22.7 Å². The summed E-state index contributed by atoms with van der Waals surface area (Å²) in [4.78, 5) is 21.3. The second-order valence-electron chi connectivity index (χ2n) is 10.3. The van der Waals surface area contributed by atoms with Crippen LogP contribution in [0.3, 0.4) is 0 Å². The van der Waals surface area contributed by atoms with Crippen LogP contribution in [-0.4, -0.2) is 76.3 Å². The van der Waals surface area contributed by atoms with E-state index in [9.17, 15) is 4.39 Å². The Labute approximate surface area is 231 Å². The third-order valence-electron chi connectivity index (χ3n) is 6.83. The van der Waals surface area contributed by atoms with E-state index in [4.69, 9.17) is 4.98 Å². The van der Waals surface area contributed by atoms with Crippen molar-refractivity contribution in [1.29, 1.82) is 0 Å². The molecule has 0 amide bonds. The van der Waals surface area contributed by atoms with E-state index in [-0.39, 0.29) is 5.82 Å². The number of aromatic amines is 2. The SMILES string of the molecule is CN(C)CCNc1cc(F)cc(-c2ccnc3[nH]c(-c4n[nH]c5ccc(-c6cncc(N(C)C)c6)nc45)cc23)c1.